The molecule has 2 nitrogen and oxygen atoms in total. The molecule has 1 heterocycles. The first-order valence-corrected chi connectivity index (χ1v) is 5.14. The fourth-order valence-electron chi connectivity index (χ4n) is 0.957. The number of nitrogens with one attached hydrogen (secondary N) is 1. The molecule has 14 heavy (non-hydrogen) atoms. The topological polar surface area (TPSA) is 24.9 Å². The Morgan fingerprint density at radius 1 is 1.36 bits per heavy atom. The average molecular weight is 213 g/mol. The van der Waals surface area contributed by atoms with Gasteiger partial charge in [0.2, 0.25) is 0 Å². The highest BCUT2D eigenvalue weighted by Crippen LogP contribution is 2.23. The van der Waals surface area contributed by atoms with E-state index in [1.165, 1.54) is 0 Å². The highest BCUT2D eigenvalue weighted by Gasteiger charge is 2.19. The Bertz CT molecular complexity index is 304. The van der Waals surface area contributed by atoms with Crippen LogP contribution in [0.5, 0.6) is 0 Å². The summed E-state index contributed by atoms with van der Waals surface area (Å²) in [6, 6.07) is 2.26. The van der Waals surface area contributed by atoms with Gasteiger partial charge < -0.3 is 5.32 Å². The van der Waals surface area contributed by atoms with Crippen molar-refractivity contribution in [2.45, 2.75) is 33.7 Å². The number of anilines is 1. The Morgan fingerprint density at radius 2 is 2.00 bits per heavy atom. The number of rotatable bonds is 2. The third-order valence-corrected chi connectivity index (χ3v) is 2.59. The first-order chi connectivity index (χ1) is 6.39. The SMILES string of the molecule is CC(Nc1cncc(Cl)c1)C(C)(C)C. The second kappa shape index (κ2) is 4.18. The van der Waals surface area contributed by atoms with Gasteiger partial charge in [0.1, 0.15) is 0 Å². The molecule has 0 spiro atoms. The van der Waals surface area contributed by atoms with Crippen molar-refractivity contribution < 1.29 is 0 Å². The van der Waals surface area contributed by atoms with Crippen LogP contribution in [-0.4, -0.2) is 11.0 Å². The van der Waals surface area contributed by atoms with Crippen molar-refractivity contribution in [3.63, 3.8) is 0 Å². The highest BCUT2D eigenvalue weighted by atomic mass is 35.5. The Balaban J connectivity index is 2.70. The summed E-state index contributed by atoms with van der Waals surface area (Å²) in [6.07, 6.45) is 3.42. The molecule has 0 aliphatic carbocycles. The summed E-state index contributed by atoms with van der Waals surface area (Å²) in [4.78, 5) is 4.02. The van der Waals surface area contributed by atoms with Gasteiger partial charge in [0.05, 0.1) is 16.9 Å². The molecule has 0 aromatic carbocycles. The third-order valence-electron chi connectivity index (χ3n) is 2.39. The van der Waals surface area contributed by atoms with Gasteiger partial charge in [0, 0.05) is 12.2 Å². The van der Waals surface area contributed by atoms with E-state index < -0.39 is 0 Å². The average Bonchev–Trinajstić information content (AvgIpc) is 2.02. The van der Waals surface area contributed by atoms with Crippen molar-refractivity contribution in [1.29, 1.82) is 0 Å². The van der Waals surface area contributed by atoms with Crippen molar-refractivity contribution in [2.24, 2.45) is 5.41 Å². The molecule has 0 saturated heterocycles. The minimum atomic E-state index is 0.225. The van der Waals surface area contributed by atoms with E-state index in [-0.39, 0.29) is 5.41 Å². The third kappa shape index (κ3) is 3.18. The number of hydrogen-bond acceptors (Lipinski definition) is 2. The molecule has 1 rings (SSSR count). The molecule has 78 valence electrons. The summed E-state index contributed by atoms with van der Waals surface area (Å²) in [6.45, 7) is 8.74. The van der Waals surface area contributed by atoms with E-state index in [0.717, 1.165) is 5.69 Å². The Morgan fingerprint density at radius 3 is 2.50 bits per heavy atom. The van der Waals surface area contributed by atoms with Gasteiger partial charge in [-0.3, -0.25) is 4.98 Å². The number of hydrogen-bond donors (Lipinski definition) is 1. The van der Waals surface area contributed by atoms with Gasteiger partial charge in [0.25, 0.3) is 0 Å². The zero-order valence-electron chi connectivity index (χ0n) is 9.13. The predicted molar refractivity (Wildman–Crippen MR) is 61.8 cm³/mol. The van der Waals surface area contributed by atoms with Crippen LogP contribution in [0.3, 0.4) is 0 Å². The minimum Gasteiger partial charge on any atom is -0.381 e. The number of nitrogens with zero attached hydrogens (tertiary/aromatic N) is 1. The first-order valence-electron chi connectivity index (χ1n) is 4.76. The van der Waals surface area contributed by atoms with Gasteiger partial charge in [-0.25, -0.2) is 0 Å². The van der Waals surface area contributed by atoms with Crippen molar-refractivity contribution in [3.05, 3.63) is 23.5 Å². The molecular formula is C11H17ClN2. The summed E-state index contributed by atoms with van der Waals surface area (Å²) in [5.74, 6) is 0. The molecule has 0 bridgehead atoms. The van der Waals surface area contributed by atoms with E-state index in [0.29, 0.717) is 11.1 Å². The molecule has 1 aromatic heterocycles. The largest absolute Gasteiger partial charge is 0.381 e. The van der Waals surface area contributed by atoms with Gasteiger partial charge >= 0.3 is 0 Å². The van der Waals surface area contributed by atoms with Crippen molar-refractivity contribution in [1.82, 2.24) is 4.98 Å². The summed E-state index contributed by atoms with van der Waals surface area (Å²) in [5, 5.41) is 4.04. The van der Waals surface area contributed by atoms with Crippen molar-refractivity contribution in [3.8, 4) is 0 Å². The normalized spacial score (nSPS) is 13.8. The van der Waals surface area contributed by atoms with Gasteiger partial charge in [-0.15, -0.1) is 0 Å². The molecule has 1 atom stereocenters. The van der Waals surface area contributed by atoms with Crippen LogP contribution in [0.15, 0.2) is 18.5 Å². The van der Waals surface area contributed by atoms with Crippen LogP contribution < -0.4 is 5.32 Å². The maximum atomic E-state index is 5.84. The molecule has 0 aliphatic rings. The summed E-state index contributed by atoms with van der Waals surface area (Å²) >= 11 is 5.84. The van der Waals surface area contributed by atoms with Crippen LogP contribution in [-0.2, 0) is 0 Å². The van der Waals surface area contributed by atoms with E-state index in [9.17, 15) is 0 Å². The van der Waals surface area contributed by atoms with E-state index in [2.05, 4.69) is 38.0 Å². The zero-order valence-corrected chi connectivity index (χ0v) is 9.89. The molecule has 0 saturated carbocycles. The fourth-order valence-corrected chi connectivity index (χ4v) is 1.13. The second-order valence-corrected chi connectivity index (χ2v) is 5.06. The second-order valence-electron chi connectivity index (χ2n) is 4.62. The number of halogens is 1. The Kier molecular flexibility index (Phi) is 3.38. The molecule has 1 aromatic rings. The zero-order chi connectivity index (χ0) is 10.8. The molecule has 0 radical (unpaired) electrons. The van der Waals surface area contributed by atoms with E-state index in [1.54, 1.807) is 12.4 Å². The molecule has 1 unspecified atom stereocenters. The van der Waals surface area contributed by atoms with Gasteiger partial charge in [-0.2, -0.15) is 0 Å². The molecule has 0 aliphatic heterocycles. The molecule has 1 N–H and O–H groups in total. The van der Waals surface area contributed by atoms with Crippen molar-refractivity contribution in [2.75, 3.05) is 5.32 Å². The van der Waals surface area contributed by atoms with Crippen LogP contribution in [0.1, 0.15) is 27.7 Å². The van der Waals surface area contributed by atoms with E-state index >= 15 is 0 Å². The van der Waals surface area contributed by atoms with Gasteiger partial charge in [-0.1, -0.05) is 32.4 Å². The van der Waals surface area contributed by atoms with Crippen LogP contribution in [0, 0.1) is 5.41 Å². The fraction of sp³-hybridized carbons (Fsp3) is 0.545. The smallest absolute Gasteiger partial charge is 0.0609 e. The Labute approximate surface area is 90.7 Å². The monoisotopic (exact) mass is 212 g/mol. The molecule has 0 fully saturated rings. The highest BCUT2D eigenvalue weighted by molar-refractivity contribution is 6.30. The van der Waals surface area contributed by atoms with Crippen LogP contribution in [0.25, 0.3) is 0 Å². The number of pyridine rings is 1. The lowest BCUT2D eigenvalue weighted by Gasteiger charge is -2.28. The Hall–Kier alpha value is -0.760. The van der Waals surface area contributed by atoms with Crippen LogP contribution >= 0.6 is 11.6 Å². The predicted octanol–water partition coefficient (Wildman–Crippen LogP) is 3.58. The van der Waals surface area contributed by atoms with E-state index in [1.807, 2.05) is 6.07 Å². The molecule has 3 heteroatoms. The lowest BCUT2D eigenvalue weighted by atomic mass is 9.88. The lowest BCUT2D eigenvalue weighted by molar-refractivity contribution is 0.359. The minimum absolute atomic E-state index is 0.225. The van der Waals surface area contributed by atoms with E-state index in [4.69, 9.17) is 11.6 Å². The molecular weight excluding hydrogens is 196 g/mol. The first kappa shape index (κ1) is 11.3. The van der Waals surface area contributed by atoms with Gasteiger partial charge in [0.15, 0.2) is 0 Å². The van der Waals surface area contributed by atoms with Crippen LogP contribution in [0.4, 0.5) is 5.69 Å². The lowest BCUT2D eigenvalue weighted by Crippen LogP contribution is -2.30. The standard InChI is InChI=1S/C11H17ClN2/c1-8(11(2,3)4)14-10-5-9(12)6-13-7-10/h5-8,14H,1-4H3. The maximum absolute atomic E-state index is 5.84. The quantitative estimate of drug-likeness (QED) is 0.811. The maximum Gasteiger partial charge on any atom is 0.0609 e. The summed E-state index contributed by atoms with van der Waals surface area (Å²) in [7, 11) is 0. The summed E-state index contributed by atoms with van der Waals surface area (Å²) < 4.78 is 0. The van der Waals surface area contributed by atoms with Crippen LogP contribution in [0.2, 0.25) is 5.02 Å². The number of aromatic nitrogens is 1. The summed E-state index contributed by atoms with van der Waals surface area (Å²) in [5.41, 5.74) is 1.20. The van der Waals surface area contributed by atoms with Gasteiger partial charge in [-0.05, 0) is 18.4 Å². The molecule has 0 amide bonds. The van der Waals surface area contributed by atoms with Crippen molar-refractivity contribution >= 4 is 17.3 Å².